The van der Waals surface area contributed by atoms with Crippen LogP contribution in [0.25, 0.3) is 10.9 Å². The van der Waals surface area contributed by atoms with Gasteiger partial charge in [0.05, 0.1) is 17.3 Å². The van der Waals surface area contributed by atoms with Gasteiger partial charge in [0, 0.05) is 34.2 Å². The maximum Gasteiger partial charge on any atom is 0.252 e. The molecule has 5 nitrogen and oxygen atoms in total. The molecule has 1 fully saturated rings. The highest BCUT2D eigenvalue weighted by Crippen LogP contribution is 2.35. The number of rotatable bonds is 5. The molecule has 2 aromatic rings. The van der Waals surface area contributed by atoms with Gasteiger partial charge in [0.2, 0.25) is 0 Å². The number of benzene rings is 1. The highest BCUT2D eigenvalue weighted by Gasteiger charge is 2.26. The molecule has 0 spiro atoms. The molecule has 4 rings (SSSR count). The van der Waals surface area contributed by atoms with E-state index in [1.54, 1.807) is 6.20 Å². The Morgan fingerprint density at radius 1 is 1.29 bits per heavy atom. The van der Waals surface area contributed by atoms with Gasteiger partial charge in [-0.05, 0) is 75.8 Å². The number of carbonyl (C=O) groups is 1. The number of halogens is 1. The minimum Gasteiger partial charge on any atom is -0.382 e. The molecule has 1 aromatic carbocycles. The van der Waals surface area contributed by atoms with Crippen LogP contribution >= 0.6 is 15.9 Å². The first-order valence-electron chi connectivity index (χ1n) is 11.5. The summed E-state index contributed by atoms with van der Waals surface area (Å²) in [5.74, 6) is 0.561. The fourth-order valence-electron chi connectivity index (χ4n) is 5.08. The van der Waals surface area contributed by atoms with E-state index >= 15 is 0 Å². The van der Waals surface area contributed by atoms with Gasteiger partial charge in [-0.2, -0.15) is 5.10 Å². The third kappa shape index (κ3) is 4.59. The number of amides is 1. The van der Waals surface area contributed by atoms with E-state index in [1.807, 2.05) is 16.8 Å². The number of aromatic nitrogens is 2. The zero-order chi connectivity index (χ0) is 22.1. The standard InChI is InChI=1S/C25H33BrN4O/c1-15(2)30-24-12-19(26)11-21(23(24)14-28-30)25(31)27-13-22-17(4)29-16(3)10-20(22)18-8-6-5-7-9-18/h10-12,14-15,17-18,29H,5-9,13H2,1-4H3,(H,27,31). The van der Waals surface area contributed by atoms with Crippen LogP contribution < -0.4 is 10.6 Å². The lowest BCUT2D eigenvalue weighted by Gasteiger charge is -2.33. The number of fused-ring (bicyclic) bond motifs is 1. The van der Waals surface area contributed by atoms with E-state index in [-0.39, 0.29) is 18.0 Å². The normalized spacial score (nSPS) is 20.2. The summed E-state index contributed by atoms with van der Waals surface area (Å²) < 4.78 is 2.85. The first-order valence-corrected chi connectivity index (χ1v) is 12.3. The van der Waals surface area contributed by atoms with E-state index < -0.39 is 0 Å². The van der Waals surface area contributed by atoms with Crippen LogP contribution in [0.5, 0.6) is 0 Å². The third-order valence-electron chi connectivity index (χ3n) is 6.61. The van der Waals surface area contributed by atoms with E-state index in [0.29, 0.717) is 18.0 Å². The lowest BCUT2D eigenvalue weighted by molar-refractivity contribution is 0.0958. The summed E-state index contributed by atoms with van der Waals surface area (Å²) in [6.07, 6.45) is 10.6. The Balaban J connectivity index is 1.61. The second kappa shape index (κ2) is 9.19. The first-order chi connectivity index (χ1) is 14.8. The maximum absolute atomic E-state index is 13.3. The number of allylic oxidation sites excluding steroid dienone is 3. The zero-order valence-electron chi connectivity index (χ0n) is 19.0. The molecular formula is C25H33BrN4O. The average Bonchev–Trinajstić information content (AvgIpc) is 3.16. The Labute approximate surface area is 193 Å². The molecule has 1 unspecified atom stereocenters. The first kappa shape index (κ1) is 22.1. The lowest BCUT2D eigenvalue weighted by atomic mass is 9.79. The Morgan fingerprint density at radius 2 is 2.03 bits per heavy atom. The van der Waals surface area contributed by atoms with E-state index in [4.69, 9.17) is 0 Å². The van der Waals surface area contributed by atoms with Gasteiger partial charge >= 0.3 is 0 Å². The molecule has 2 N–H and O–H groups in total. The molecule has 1 atom stereocenters. The molecule has 1 saturated carbocycles. The van der Waals surface area contributed by atoms with Crippen molar-refractivity contribution in [3.63, 3.8) is 0 Å². The Bertz CT molecular complexity index is 1040. The van der Waals surface area contributed by atoms with Crippen LogP contribution in [0.4, 0.5) is 0 Å². The molecule has 31 heavy (non-hydrogen) atoms. The quantitative estimate of drug-likeness (QED) is 0.556. The molecule has 1 amide bonds. The van der Waals surface area contributed by atoms with E-state index in [0.717, 1.165) is 15.4 Å². The number of hydrogen-bond donors (Lipinski definition) is 2. The molecule has 2 aliphatic rings. The van der Waals surface area contributed by atoms with Crippen LogP contribution in [0.3, 0.4) is 0 Å². The summed E-state index contributed by atoms with van der Waals surface area (Å²) in [6, 6.07) is 4.39. The smallest absolute Gasteiger partial charge is 0.252 e. The molecule has 1 aliphatic carbocycles. The Kier molecular flexibility index (Phi) is 6.56. The summed E-state index contributed by atoms with van der Waals surface area (Å²) in [5.41, 5.74) is 5.62. The number of hydrogen-bond acceptors (Lipinski definition) is 3. The number of carbonyl (C=O) groups excluding carboxylic acids is 1. The van der Waals surface area contributed by atoms with Crippen LogP contribution in [0.2, 0.25) is 0 Å². The van der Waals surface area contributed by atoms with Gasteiger partial charge in [0.1, 0.15) is 0 Å². The van der Waals surface area contributed by atoms with Crippen LogP contribution in [0, 0.1) is 5.92 Å². The van der Waals surface area contributed by atoms with Crippen molar-refractivity contribution >= 4 is 32.7 Å². The molecule has 0 bridgehead atoms. The SMILES string of the molecule is CC1=CC(C2CCCCC2)=C(CNC(=O)c2cc(Br)cc3c2cnn3C(C)C)C(C)N1. The molecule has 1 aromatic heterocycles. The highest BCUT2D eigenvalue weighted by molar-refractivity contribution is 9.10. The summed E-state index contributed by atoms with van der Waals surface area (Å²) in [6.45, 7) is 9.09. The highest BCUT2D eigenvalue weighted by atomic mass is 79.9. The summed E-state index contributed by atoms with van der Waals surface area (Å²) >= 11 is 3.58. The number of nitrogens with zero attached hydrogens (tertiary/aromatic N) is 2. The van der Waals surface area contributed by atoms with Crippen molar-refractivity contribution in [3.8, 4) is 0 Å². The third-order valence-corrected chi connectivity index (χ3v) is 7.07. The maximum atomic E-state index is 13.3. The zero-order valence-corrected chi connectivity index (χ0v) is 20.6. The van der Waals surface area contributed by atoms with Crippen molar-refractivity contribution in [2.24, 2.45) is 5.92 Å². The summed E-state index contributed by atoms with van der Waals surface area (Å²) in [7, 11) is 0. The van der Waals surface area contributed by atoms with Gasteiger partial charge in [-0.1, -0.05) is 35.2 Å². The topological polar surface area (TPSA) is 59.0 Å². The van der Waals surface area contributed by atoms with Crippen molar-refractivity contribution in [2.75, 3.05) is 6.54 Å². The summed E-state index contributed by atoms with van der Waals surface area (Å²) in [5, 5.41) is 12.2. The van der Waals surface area contributed by atoms with Gasteiger partial charge in [-0.3, -0.25) is 9.48 Å². The van der Waals surface area contributed by atoms with Crippen LogP contribution in [-0.2, 0) is 0 Å². The van der Waals surface area contributed by atoms with Crippen molar-refractivity contribution in [1.82, 2.24) is 20.4 Å². The molecule has 6 heteroatoms. The minimum absolute atomic E-state index is 0.0522. The lowest BCUT2D eigenvalue weighted by Crippen LogP contribution is -2.38. The number of dihydropyridines is 1. The molecule has 1 aliphatic heterocycles. The second-order valence-electron chi connectivity index (χ2n) is 9.26. The molecule has 166 valence electrons. The molecule has 0 radical (unpaired) electrons. The van der Waals surface area contributed by atoms with E-state index in [9.17, 15) is 4.79 Å². The van der Waals surface area contributed by atoms with Crippen LogP contribution in [-0.4, -0.2) is 28.3 Å². The minimum atomic E-state index is -0.0522. The van der Waals surface area contributed by atoms with E-state index in [1.165, 1.54) is 48.9 Å². The van der Waals surface area contributed by atoms with Gasteiger partial charge in [0.25, 0.3) is 5.91 Å². The van der Waals surface area contributed by atoms with Gasteiger partial charge in [-0.25, -0.2) is 0 Å². The van der Waals surface area contributed by atoms with Crippen molar-refractivity contribution < 1.29 is 4.79 Å². The predicted octanol–water partition coefficient (Wildman–Crippen LogP) is 5.88. The van der Waals surface area contributed by atoms with Gasteiger partial charge in [-0.15, -0.1) is 0 Å². The van der Waals surface area contributed by atoms with Crippen molar-refractivity contribution in [3.05, 3.63) is 51.3 Å². The van der Waals surface area contributed by atoms with Crippen molar-refractivity contribution in [2.45, 2.75) is 71.9 Å². The molecular weight excluding hydrogens is 452 g/mol. The predicted molar refractivity (Wildman–Crippen MR) is 130 cm³/mol. The second-order valence-corrected chi connectivity index (χ2v) is 10.2. The fraction of sp³-hybridized carbons (Fsp3) is 0.520. The number of nitrogens with one attached hydrogen (secondary N) is 2. The van der Waals surface area contributed by atoms with Gasteiger partial charge < -0.3 is 10.6 Å². The fourth-order valence-corrected chi connectivity index (χ4v) is 5.52. The molecule has 0 saturated heterocycles. The largest absolute Gasteiger partial charge is 0.382 e. The molecule has 2 heterocycles. The van der Waals surface area contributed by atoms with Gasteiger partial charge in [0.15, 0.2) is 0 Å². The van der Waals surface area contributed by atoms with E-state index in [2.05, 4.69) is 65.4 Å². The Hall–Kier alpha value is -2.08. The monoisotopic (exact) mass is 484 g/mol. The van der Waals surface area contributed by atoms with Crippen LogP contribution in [0.1, 0.15) is 76.2 Å². The average molecular weight is 485 g/mol. The summed E-state index contributed by atoms with van der Waals surface area (Å²) in [4.78, 5) is 13.3. The Morgan fingerprint density at radius 3 is 2.74 bits per heavy atom. The van der Waals surface area contributed by atoms with Crippen LogP contribution in [0.15, 0.2) is 45.7 Å². The van der Waals surface area contributed by atoms with Crippen molar-refractivity contribution in [1.29, 1.82) is 0 Å².